The van der Waals surface area contributed by atoms with E-state index in [4.69, 9.17) is 15.3 Å². The second kappa shape index (κ2) is 3.82. The van der Waals surface area contributed by atoms with Gasteiger partial charge in [0, 0.05) is 12.0 Å². The maximum Gasteiger partial charge on any atom is 0.368 e. The lowest BCUT2D eigenvalue weighted by Crippen LogP contribution is -2.54. The summed E-state index contributed by atoms with van der Waals surface area (Å²) < 4.78 is 4.58. The summed E-state index contributed by atoms with van der Waals surface area (Å²) >= 11 is 0. The van der Waals surface area contributed by atoms with Crippen LogP contribution in [0.1, 0.15) is 13.3 Å². The van der Waals surface area contributed by atoms with Gasteiger partial charge in [0.05, 0.1) is 0 Å². The molecular weight excluding hydrogens is 236 g/mol. The Morgan fingerprint density at radius 2 is 1.76 bits per heavy atom. The molecule has 0 aromatic rings. The third-order valence-corrected chi connectivity index (χ3v) is 2.31. The van der Waals surface area contributed by atoms with Crippen molar-refractivity contribution in [1.29, 1.82) is 0 Å². The summed E-state index contributed by atoms with van der Waals surface area (Å²) in [5.74, 6) is -7.92. The number of hydrogen-bond donors (Lipinski definition) is 4. The molecule has 0 bridgehead atoms. The predicted molar refractivity (Wildman–Crippen MR) is 50.0 cm³/mol. The Balaban J connectivity index is 3.29. The lowest BCUT2D eigenvalue weighted by molar-refractivity contribution is -0.248. The Morgan fingerprint density at radius 1 is 1.24 bits per heavy atom. The van der Waals surface area contributed by atoms with Crippen LogP contribution in [-0.2, 0) is 19.1 Å². The minimum atomic E-state index is -2.96. The van der Waals surface area contributed by atoms with Crippen molar-refractivity contribution >= 4 is 17.9 Å². The zero-order valence-electron chi connectivity index (χ0n) is 8.71. The van der Waals surface area contributed by atoms with Crippen molar-refractivity contribution < 1.29 is 39.5 Å². The summed E-state index contributed by atoms with van der Waals surface area (Å²) in [7, 11) is 0. The van der Waals surface area contributed by atoms with Crippen LogP contribution < -0.4 is 0 Å². The van der Waals surface area contributed by atoms with Crippen molar-refractivity contribution in [3.63, 3.8) is 0 Å². The Bertz CT molecular complexity index is 425. The molecule has 1 aliphatic heterocycles. The predicted octanol–water partition coefficient (Wildman–Crippen LogP) is -0.966. The third kappa shape index (κ3) is 2.27. The van der Waals surface area contributed by atoms with E-state index in [9.17, 15) is 19.5 Å². The van der Waals surface area contributed by atoms with Gasteiger partial charge < -0.3 is 25.2 Å². The SMILES string of the molecule is CC1(C(=O)O)CC(C(=O)O)=CC(O)(C(=O)O)O1. The molecule has 0 spiro atoms. The fraction of sp³-hybridized carbons (Fsp3) is 0.444. The van der Waals surface area contributed by atoms with Gasteiger partial charge in [-0.25, -0.2) is 14.4 Å². The lowest BCUT2D eigenvalue weighted by Gasteiger charge is -2.36. The average molecular weight is 246 g/mol. The van der Waals surface area contributed by atoms with Crippen LogP contribution in [0.15, 0.2) is 11.6 Å². The van der Waals surface area contributed by atoms with Crippen LogP contribution >= 0.6 is 0 Å². The van der Waals surface area contributed by atoms with Crippen molar-refractivity contribution in [2.24, 2.45) is 0 Å². The molecule has 1 rings (SSSR count). The molecule has 0 saturated heterocycles. The van der Waals surface area contributed by atoms with Crippen molar-refractivity contribution in [2.75, 3.05) is 0 Å². The van der Waals surface area contributed by atoms with Crippen LogP contribution in [0, 0.1) is 0 Å². The van der Waals surface area contributed by atoms with Gasteiger partial charge in [0.1, 0.15) is 0 Å². The van der Waals surface area contributed by atoms with Gasteiger partial charge in [-0.2, -0.15) is 0 Å². The van der Waals surface area contributed by atoms with Gasteiger partial charge in [-0.1, -0.05) is 0 Å². The number of aliphatic carboxylic acids is 3. The highest BCUT2D eigenvalue weighted by molar-refractivity contribution is 5.92. The van der Waals surface area contributed by atoms with E-state index in [2.05, 4.69) is 4.74 Å². The highest BCUT2D eigenvalue weighted by atomic mass is 16.7. The molecule has 0 aliphatic carbocycles. The fourth-order valence-electron chi connectivity index (χ4n) is 1.42. The lowest BCUT2D eigenvalue weighted by atomic mass is 9.91. The Kier molecular flexibility index (Phi) is 2.96. The monoisotopic (exact) mass is 246 g/mol. The molecule has 94 valence electrons. The van der Waals surface area contributed by atoms with Crippen molar-refractivity contribution in [3.8, 4) is 0 Å². The Labute approximate surface area is 94.7 Å². The van der Waals surface area contributed by atoms with Gasteiger partial charge in [0.15, 0.2) is 5.60 Å². The number of aliphatic hydroxyl groups is 1. The molecule has 17 heavy (non-hydrogen) atoms. The summed E-state index contributed by atoms with van der Waals surface area (Å²) in [6, 6.07) is 0. The molecule has 8 nitrogen and oxygen atoms in total. The van der Waals surface area contributed by atoms with E-state index >= 15 is 0 Å². The molecule has 0 aromatic carbocycles. The summed E-state index contributed by atoms with van der Waals surface area (Å²) in [5.41, 5.74) is -2.65. The van der Waals surface area contributed by atoms with Crippen LogP contribution in [0.5, 0.6) is 0 Å². The number of rotatable bonds is 3. The topological polar surface area (TPSA) is 141 Å². The molecule has 4 N–H and O–H groups in total. The molecule has 2 unspecified atom stereocenters. The van der Waals surface area contributed by atoms with Gasteiger partial charge in [-0.15, -0.1) is 0 Å². The first kappa shape index (κ1) is 13.1. The minimum Gasteiger partial charge on any atom is -0.479 e. The second-order valence-electron chi connectivity index (χ2n) is 3.79. The quantitative estimate of drug-likeness (QED) is 0.498. The van der Waals surface area contributed by atoms with Crippen molar-refractivity contribution in [3.05, 3.63) is 11.6 Å². The number of carboxylic acids is 3. The van der Waals surface area contributed by atoms with Crippen molar-refractivity contribution in [2.45, 2.75) is 24.7 Å². The van der Waals surface area contributed by atoms with Crippen LogP contribution in [0.3, 0.4) is 0 Å². The number of carboxylic acid groups (broad SMARTS) is 3. The van der Waals surface area contributed by atoms with Crippen LogP contribution in [-0.4, -0.2) is 49.7 Å². The first-order chi connectivity index (χ1) is 7.61. The van der Waals surface area contributed by atoms with Gasteiger partial charge in [0.25, 0.3) is 5.79 Å². The molecule has 0 aromatic heterocycles. The number of carbonyl (C=O) groups is 3. The fourth-order valence-corrected chi connectivity index (χ4v) is 1.42. The number of ether oxygens (including phenoxy) is 1. The van der Waals surface area contributed by atoms with E-state index in [1.54, 1.807) is 0 Å². The molecule has 0 saturated carbocycles. The maximum atomic E-state index is 10.9. The third-order valence-electron chi connectivity index (χ3n) is 2.31. The molecular formula is C9H10O8. The summed E-state index contributed by atoms with van der Waals surface area (Å²) in [6.45, 7) is 0.985. The van der Waals surface area contributed by atoms with E-state index in [0.717, 1.165) is 6.92 Å². The first-order valence-electron chi connectivity index (χ1n) is 4.45. The standard InChI is InChI=1S/C9H10O8/c1-8(6(12)13)2-4(5(10)11)3-9(16,17-8)7(14)15/h3,16H,2H2,1H3,(H,10,11)(H,12,13)(H,14,15). The minimum absolute atomic E-state index is 0.475. The summed E-state index contributed by atoms with van der Waals surface area (Å²) in [4.78, 5) is 32.4. The normalized spacial score (nSPS) is 32.7. The zero-order valence-corrected chi connectivity index (χ0v) is 8.71. The van der Waals surface area contributed by atoms with E-state index in [0.29, 0.717) is 6.08 Å². The molecule has 8 heteroatoms. The van der Waals surface area contributed by atoms with E-state index in [1.165, 1.54) is 0 Å². The number of hydrogen-bond acceptors (Lipinski definition) is 5. The van der Waals surface area contributed by atoms with Gasteiger partial charge >= 0.3 is 17.9 Å². The highest BCUT2D eigenvalue weighted by Crippen LogP contribution is 2.33. The Morgan fingerprint density at radius 3 is 2.12 bits per heavy atom. The molecule has 1 aliphatic rings. The molecule has 0 fully saturated rings. The smallest absolute Gasteiger partial charge is 0.368 e. The van der Waals surface area contributed by atoms with E-state index in [-0.39, 0.29) is 0 Å². The first-order valence-corrected chi connectivity index (χ1v) is 4.45. The van der Waals surface area contributed by atoms with E-state index in [1.807, 2.05) is 0 Å². The molecule has 0 radical (unpaired) electrons. The molecule has 2 atom stereocenters. The van der Waals surface area contributed by atoms with Crippen LogP contribution in [0.4, 0.5) is 0 Å². The average Bonchev–Trinajstić information content (AvgIpc) is 2.15. The van der Waals surface area contributed by atoms with Crippen LogP contribution in [0.2, 0.25) is 0 Å². The van der Waals surface area contributed by atoms with E-state index < -0.39 is 41.3 Å². The van der Waals surface area contributed by atoms with Gasteiger partial charge in [0.2, 0.25) is 0 Å². The highest BCUT2D eigenvalue weighted by Gasteiger charge is 2.52. The van der Waals surface area contributed by atoms with Gasteiger partial charge in [-0.3, -0.25) is 0 Å². The Hall–Kier alpha value is -1.93. The van der Waals surface area contributed by atoms with Crippen LogP contribution in [0.25, 0.3) is 0 Å². The summed E-state index contributed by atoms with van der Waals surface area (Å²) in [6.07, 6.45) is -0.0738. The molecule has 1 heterocycles. The maximum absolute atomic E-state index is 10.9. The second-order valence-corrected chi connectivity index (χ2v) is 3.79. The largest absolute Gasteiger partial charge is 0.479 e. The zero-order chi connectivity index (χ0) is 13.4. The summed E-state index contributed by atoms with van der Waals surface area (Å²) in [5, 5.41) is 35.8. The van der Waals surface area contributed by atoms with Gasteiger partial charge in [-0.05, 0) is 13.0 Å². The molecule has 0 amide bonds. The van der Waals surface area contributed by atoms with Crippen molar-refractivity contribution in [1.82, 2.24) is 0 Å².